The summed E-state index contributed by atoms with van der Waals surface area (Å²) in [6, 6.07) is 1.33. The van der Waals surface area contributed by atoms with Crippen molar-refractivity contribution in [2.75, 3.05) is 12.3 Å². The van der Waals surface area contributed by atoms with Crippen molar-refractivity contribution in [3.05, 3.63) is 22.7 Å². The van der Waals surface area contributed by atoms with E-state index in [1.54, 1.807) is 0 Å². The Labute approximate surface area is 108 Å². The molecule has 1 aliphatic rings. The van der Waals surface area contributed by atoms with Crippen LogP contribution in [0.2, 0.25) is 0 Å². The first kappa shape index (κ1) is 13.5. The third-order valence-electron chi connectivity index (χ3n) is 3.04. The maximum absolute atomic E-state index is 11.7. The Morgan fingerprint density at radius 2 is 2.37 bits per heavy atom. The van der Waals surface area contributed by atoms with Crippen LogP contribution in [0.1, 0.15) is 6.23 Å². The molecule has 1 saturated heterocycles. The van der Waals surface area contributed by atoms with E-state index in [1.165, 1.54) is 12.3 Å². The summed E-state index contributed by atoms with van der Waals surface area (Å²) in [5.41, 5.74) is 2.50. The summed E-state index contributed by atoms with van der Waals surface area (Å²) in [4.78, 5) is 15.1. The zero-order valence-electron chi connectivity index (χ0n) is 9.80. The van der Waals surface area contributed by atoms with Gasteiger partial charge in [0.25, 0.3) is 0 Å². The minimum atomic E-state index is -2.08. The normalized spacial score (nSPS) is 34.1. The standard InChI is InChI=1S/C11H13N3O5/c1-2-11(18)6(5-15)19-9(8(11)16)14-4-3-7(12)13-10(14)17/h1,3-4,6,8-9,15-16,18H,5H2,(H2,12,13,17)/t6-,8-,9-,11-/m1/s1. The van der Waals surface area contributed by atoms with Crippen molar-refractivity contribution in [1.29, 1.82) is 0 Å². The molecule has 0 spiro atoms. The number of ether oxygens (including phenoxy) is 1. The van der Waals surface area contributed by atoms with E-state index >= 15 is 0 Å². The molecule has 0 bridgehead atoms. The lowest BCUT2D eigenvalue weighted by atomic mass is 9.93. The lowest BCUT2D eigenvalue weighted by molar-refractivity contribution is -0.0624. The highest BCUT2D eigenvalue weighted by Gasteiger charge is 2.55. The van der Waals surface area contributed by atoms with Crippen LogP contribution in [0.5, 0.6) is 0 Å². The molecule has 8 heteroatoms. The molecule has 0 aromatic carbocycles. The van der Waals surface area contributed by atoms with Gasteiger partial charge in [0, 0.05) is 6.20 Å². The minimum absolute atomic E-state index is 0.0136. The molecule has 0 radical (unpaired) electrons. The zero-order valence-corrected chi connectivity index (χ0v) is 9.80. The quantitative estimate of drug-likeness (QED) is 0.433. The second kappa shape index (κ2) is 4.64. The first-order valence-electron chi connectivity index (χ1n) is 5.43. The predicted molar refractivity (Wildman–Crippen MR) is 63.7 cm³/mol. The van der Waals surface area contributed by atoms with Gasteiger partial charge in [-0.2, -0.15) is 4.98 Å². The Bertz CT molecular complexity index is 580. The maximum Gasteiger partial charge on any atom is 0.351 e. The van der Waals surface area contributed by atoms with E-state index in [4.69, 9.17) is 22.0 Å². The van der Waals surface area contributed by atoms with Gasteiger partial charge in [-0.25, -0.2) is 4.79 Å². The van der Waals surface area contributed by atoms with Crippen LogP contribution in [0.3, 0.4) is 0 Å². The molecule has 102 valence electrons. The number of nitrogens with zero attached hydrogens (tertiary/aromatic N) is 2. The fourth-order valence-corrected chi connectivity index (χ4v) is 1.95. The Morgan fingerprint density at radius 3 is 2.84 bits per heavy atom. The lowest BCUT2D eigenvalue weighted by Crippen LogP contribution is -2.48. The second-order valence-corrected chi connectivity index (χ2v) is 4.15. The van der Waals surface area contributed by atoms with Gasteiger partial charge in [0.05, 0.1) is 6.61 Å². The van der Waals surface area contributed by atoms with E-state index in [9.17, 15) is 15.0 Å². The minimum Gasteiger partial charge on any atom is -0.394 e. The van der Waals surface area contributed by atoms with Crippen molar-refractivity contribution in [3.8, 4) is 12.3 Å². The number of nitrogens with two attached hydrogens (primary N) is 1. The van der Waals surface area contributed by atoms with Crippen LogP contribution in [0.25, 0.3) is 0 Å². The lowest BCUT2D eigenvalue weighted by Gasteiger charge is -2.23. The molecule has 1 aromatic heterocycles. The average Bonchev–Trinajstić information content (AvgIpc) is 2.63. The van der Waals surface area contributed by atoms with Gasteiger partial charge in [-0.15, -0.1) is 6.42 Å². The van der Waals surface area contributed by atoms with Crippen LogP contribution in [-0.4, -0.2) is 49.3 Å². The van der Waals surface area contributed by atoms with E-state index in [2.05, 4.69) is 4.98 Å². The van der Waals surface area contributed by atoms with Gasteiger partial charge in [0.2, 0.25) is 0 Å². The number of anilines is 1. The molecule has 2 rings (SSSR count). The van der Waals surface area contributed by atoms with Crippen molar-refractivity contribution in [2.45, 2.75) is 24.0 Å². The van der Waals surface area contributed by atoms with Crippen LogP contribution in [0.4, 0.5) is 5.82 Å². The number of terminal acetylenes is 1. The van der Waals surface area contributed by atoms with E-state index in [1.807, 2.05) is 5.92 Å². The van der Waals surface area contributed by atoms with Gasteiger partial charge in [-0.1, -0.05) is 5.92 Å². The Hall–Kier alpha value is -1.92. The molecule has 4 atom stereocenters. The molecule has 1 fully saturated rings. The number of hydrogen-bond acceptors (Lipinski definition) is 7. The number of hydrogen-bond donors (Lipinski definition) is 4. The summed E-state index contributed by atoms with van der Waals surface area (Å²) in [5.74, 6) is 2.00. The maximum atomic E-state index is 11.7. The third-order valence-corrected chi connectivity index (χ3v) is 3.04. The summed E-state index contributed by atoms with van der Waals surface area (Å²) in [6.45, 7) is -0.606. The smallest absolute Gasteiger partial charge is 0.351 e. The Morgan fingerprint density at radius 1 is 1.68 bits per heavy atom. The molecule has 1 aromatic rings. The number of aliphatic hydroxyl groups is 3. The molecular weight excluding hydrogens is 254 g/mol. The number of rotatable bonds is 2. The summed E-state index contributed by atoms with van der Waals surface area (Å²) >= 11 is 0. The second-order valence-electron chi connectivity index (χ2n) is 4.15. The van der Waals surface area contributed by atoms with Crippen molar-refractivity contribution < 1.29 is 20.1 Å². The largest absolute Gasteiger partial charge is 0.394 e. The molecule has 0 unspecified atom stereocenters. The topological polar surface area (TPSA) is 131 Å². The zero-order chi connectivity index (χ0) is 14.2. The van der Waals surface area contributed by atoms with Gasteiger partial charge in [0.15, 0.2) is 11.8 Å². The molecule has 19 heavy (non-hydrogen) atoms. The summed E-state index contributed by atoms with van der Waals surface area (Å²) in [5, 5.41) is 29.2. The highest BCUT2D eigenvalue weighted by Crippen LogP contribution is 2.35. The molecular formula is C11H13N3O5. The van der Waals surface area contributed by atoms with Gasteiger partial charge in [-0.05, 0) is 6.07 Å². The van der Waals surface area contributed by atoms with Gasteiger partial charge < -0.3 is 25.8 Å². The van der Waals surface area contributed by atoms with Crippen molar-refractivity contribution in [3.63, 3.8) is 0 Å². The summed E-state index contributed by atoms with van der Waals surface area (Å²) in [7, 11) is 0. The van der Waals surface area contributed by atoms with E-state index < -0.39 is 36.3 Å². The fraction of sp³-hybridized carbons (Fsp3) is 0.455. The molecule has 2 heterocycles. The van der Waals surface area contributed by atoms with Crippen molar-refractivity contribution in [2.24, 2.45) is 0 Å². The first-order chi connectivity index (χ1) is 8.93. The monoisotopic (exact) mass is 267 g/mol. The molecule has 0 amide bonds. The number of nitrogen functional groups attached to an aromatic ring is 1. The molecule has 0 aliphatic carbocycles. The van der Waals surface area contributed by atoms with Crippen LogP contribution >= 0.6 is 0 Å². The van der Waals surface area contributed by atoms with Crippen LogP contribution in [0.15, 0.2) is 17.1 Å². The van der Waals surface area contributed by atoms with Crippen molar-refractivity contribution >= 4 is 5.82 Å². The third kappa shape index (κ3) is 1.98. The van der Waals surface area contributed by atoms with E-state index in [0.717, 1.165) is 4.57 Å². The number of aromatic nitrogens is 2. The highest BCUT2D eigenvalue weighted by atomic mass is 16.6. The van der Waals surface area contributed by atoms with Crippen LogP contribution < -0.4 is 11.4 Å². The first-order valence-corrected chi connectivity index (χ1v) is 5.43. The van der Waals surface area contributed by atoms with Crippen LogP contribution in [-0.2, 0) is 4.74 Å². The van der Waals surface area contributed by atoms with E-state index in [0.29, 0.717) is 0 Å². The molecule has 8 nitrogen and oxygen atoms in total. The SMILES string of the molecule is C#C[C@]1(O)[C@H](O)[C@H](n2ccc(N)nc2=O)O[C@@H]1CO. The molecule has 1 aliphatic heterocycles. The van der Waals surface area contributed by atoms with E-state index in [-0.39, 0.29) is 5.82 Å². The van der Waals surface area contributed by atoms with Gasteiger partial charge in [-0.3, -0.25) is 4.57 Å². The van der Waals surface area contributed by atoms with Crippen molar-refractivity contribution in [1.82, 2.24) is 9.55 Å². The molecule has 0 saturated carbocycles. The number of aliphatic hydroxyl groups excluding tert-OH is 2. The Balaban J connectivity index is 2.43. The summed E-state index contributed by atoms with van der Waals surface area (Å²) < 4.78 is 6.17. The van der Waals surface area contributed by atoms with Gasteiger partial charge in [0.1, 0.15) is 18.0 Å². The Kier molecular flexibility index (Phi) is 3.30. The summed E-state index contributed by atoms with van der Waals surface area (Å²) in [6.07, 6.45) is 2.37. The van der Waals surface area contributed by atoms with Gasteiger partial charge >= 0.3 is 5.69 Å². The average molecular weight is 267 g/mol. The molecule has 5 N–H and O–H groups in total. The predicted octanol–water partition coefficient (Wildman–Crippen LogP) is -2.56. The fourth-order valence-electron chi connectivity index (χ4n) is 1.95. The highest BCUT2D eigenvalue weighted by molar-refractivity contribution is 5.24. The van der Waals surface area contributed by atoms with Crippen LogP contribution in [0, 0.1) is 12.3 Å².